The van der Waals surface area contributed by atoms with Crippen molar-refractivity contribution in [2.45, 2.75) is 4.90 Å². The van der Waals surface area contributed by atoms with Crippen molar-refractivity contribution in [1.29, 1.82) is 0 Å². The van der Waals surface area contributed by atoms with Crippen molar-refractivity contribution in [3.8, 4) is 28.5 Å². The molecule has 6 rings (SSSR count). The van der Waals surface area contributed by atoms with Crippen molar-refractivity contribution in [1.82, 2.24) is 23.9 Å². The number of rotatable bonds is 6. The van der Waals surface area contributed by atoms with Gasteiger partial charge in [-0.25, -0.2) is 19.7 Å². The second-order valence-electron chi connectivity index (χ2n) is 8.45. The summed E-state index contributed by atoms with van der Waals surface area (Å²) in [5.74, 6) is 1.44. The number of thioether (sulfide) groups is 1. The average molecular weight is 518 g/mol. The monoisotopic (exact) mass is 517 g/mol. The van der Waals surface area contributed by atoms with Crippen LogP contribution in [0, 0.1) is 0 Å². The minimum absolute atomic E-state index is 0.312. The number of carbonyl (C=O) groups excluding carboxylic acids is 1. The Morgan fingerprint density at radius 2 is 1.63 bits per heavy atom. The van der Waals surface area contributed by atoms with Crippen LogP contribution in [0.15, 0.2) is 115 Å². The lowest BCUT2D eigenvalue weighted by molar-refractivity contribution is 0.262. The number of para-hydroxylation sites is 1. The molecule has 3 aromatic heterocycles. The van der Waals surface area contributed by atoms with Crippen molar-refractivity contribution in [3.63, 3.8) is 0 Å². The van der Waals surface area contributed by atoms with Gasteiger partial charge in [0, 0.05) is 52.7 Å². The lowest BCUT2D eigenvalue weighted by Gasteiger charge is -2.13. The Morgan fingerprint density at radius 3 is 2.50 bits per heavy atom. The molecule has 3 heterocycles. The van der Waals surface area contributed by atoms with Crippen molar-refractivity contribution in [3.05, 3.63) is 110 Å². The first-order chi connectivity index (χ1) is 18.7. The van der Waals surface area contributed by atoms with E-state index in [-0.39, 0.29) is 6.03 Å². The average Bonchev–Trinajstić information content (AvgIpc) is 3.63. The Balaban J connectivity index is 1.34. The van der Waals surface area contributed by atoms with E-state index in [0.29, 0.717) is 17.2 Å². The summed E-state index contributed by atoms with van der Waals surface area (Å²) in [7, 11) is 0. The van der Waals surface area contributed by atoms with E-state index in [9.17, 15) is 4.79 Å². The highest BCUT2D eigenvalue weighted by Gasteiger charge is 2.16. The van der Waals surface area contributed by atoms with Crippen molar-refractivity contribution >= 4 is 34.8 Å². The van der Waals surface area contributed by atoms with Crippen LogP contribution in [-0.4, -0.2) is 36.2 Å². The normalized spacial score (nSPS) is 11.0. The Kier molecular flexibility index (Phi) is 6.33. The van der Waals surface area contributed by atoms with Crippen LogP contribution in [0.3, 0.4) is 0 Å². The molecule has 8 nitrogen and oxygen atoms in total. The van der Waals surface area contributed by atoms with Crippen LogP contribution >= 0.6 is 11.8 Å². The van der Waals surface area contributed by atoms with E-state index < -0.39 is 0 Å². The van der Waals surface area contributed by atoms with Crippen LogP contribution in [0.5, 0.6) is 0 Å². The molecule has 0 aliphatic rings. The van der Waals surface area contributed by atoms with Crippen molar-refractivity contribution in [2.24, 2.45) is 0 Å². The first kappa shape index (κ1) is 23.5. The van der Waals surface area contributed by atoms with Gasteiger partial charge in [-0.2, -0.15) is 0 Å². The number of anilines is 2. The summed E-state index contributed by atoms with van der Waals surface area (Å²) in [5.41, 5.74) is 4.70. The van der Waals surface area contributed by atoms with Gasteiger partial charge in [-0.15, -0.1) is 11.8 Å². The third-order valence-corrected chi connectivity index (χ3v) is 6.82. The Labute approximate surface area is 223 Å². The zero-order valence-corrected chi connectivity index (χ0v) is 21.3. The number of imidazole rings is 2. The molecule has 0 unspecified atom stereocenters. The standard InChI is InChI=1S/C29H23N7OS/c1-38-25-13-6-5-12-23(25)34-29(37)32-22-11-7-10-21(18-22)24-19-35-16-14-31-27(35)28(33-24)36-17-15-30-26(36)20-8-3-2-4-9-20/h2-19H,1H3,(H2,32,34,37). The summed E-state index contributed by atoms with van der Waals surface area (Å²) in [6.07, 6.45) is 11.2. The SMILES string of the molecule is CSc1ccccc1NC(=O)Nc1cccc(-c2cn3ccnc3c(-n3ccnc3-c3ccccc3)n2)c1. The number of nitrogens with one attached hydrogen (secondary N) is 2. The van der Waals surface area contributed by atoms with Crippen LogP contribution < -0.4 is 10.6 Å². The molecule has 0 spiro atoms. The molecular formula is C29H23N7OS. The van der Waals surface area contributed by atoms with E-state index in [2.05, 4.69) is 20.6 Å². The van der Waals surface area contributed by atoms with E-state index in [1.165, 1.54) is 0 Å². The van der Waals surface area contributed by atoms with E-state index in [0.717, 1.165) is 33.2 Å². The minimum Gasteiger partial charge on any atom is -0.308 e. The third kappa shape index (κ3) is 4.62. The molecular weight excluding hydrogens is 494 g/mol. The maximum atomic E-state index is 12.7. The van der Waals surface area contributed by atoms with Gasteiger partial charge >= 0.3 is 6.03 Å². The molecule has 9 heteroatoms. The fourth-order valence-corrected chi connectivity index (χ4v) is 4.83. The van der Waals surface area contributed by atoms with E-state index >= 15 is 0 Å². The molecule has 0 aliphatic carbocycles. The van der Waals surface area contributed by atoms with Gasteiger partial charge in [0.2, 0.25) is 0 Å². The fourth-order valence-electron chi connectivity index (χ4n) is 4.28. The lowest BCUT2D eigenvalue weighted by atomic mass is 10.1. The molecule has 186 valence electrons. The Hall–Kier alpha value is -4.89. The second kappa shape index (κ2) is 10.2. The van der Waals surface area contributed by atoms with Crippen molar-refractivity contribution in [2.75, 3.05) is 16.9 Å². The van der Waals surface area contributed by atoms with Gasteiger partial charge in [-0.1, -0.05) is 54.6 Å². The van der Waals surface area contributed by atoms with E-state index in [4.69, 9.17) is 4.98 Å². The van der Waals surface area contributed by atoms with Crippen LogP contribution in [0.2, 0.25) is 0 Å². The predicted octanol–water partition coefficient (Wildman–Crippen LogP) is 6.61. The van der Waals surface area contributed by atoms with Crippen LogP contribution in [-0.2, 0) is 0 Å². The number of fused-ring (bicyclic) bond motifs is 1. The van der Waals surface area contributed by atoms with Crippen LogP contribution in [0.25, 0.3) is 34.1 Å². The minimum atomic E-state index is -0.312. The van der Waals surface area contributed by atoms with Gasteiger partial charge in [0.05, 0.1) is 11.4 Å². The number of aromatic nitrogens is 5. The van der Waals surface area contributed by atoms with Gasteiger partial charge in [0.1, 0.15) is 5.82 Å². The summed E-state index contributed by atoms with van der Waals surface area (Å²) in [6.45, 7) is 0. The molecule has 2 N–H and O–H groups in total. The van der Waals surface area contributed by atoms with Crippen molar-refractivity contribution < 1.29 is 4.79 Å². The fraction of sp³-hybridized carbons (Fsp3) is 0.0345. The zero-order valence-electron chi connectivity index (χ0n) is 20.4. The first-order valence-corrected chi connectivity index (χ1v) is 13.2. The van der Waals surface area contributed by atoms with Gasteiger partial charge in [0.25, 0.3) is 0 Å². The summed E-state index contributed by atoms with van der Waals surface area (Å²) < 4.78 is 3.89. The zero-order chi connectivity index (χ0) is 25.9. The highest BCUT2D eigenvalue weighted by molar-refractivity contribution is 7.98. The first-order valence-electron chi connectivity index (χ1n) is 11.9. The summed E-state index contributed by atoms with van der Waals surface area (Å²) in [6, 6.07) is 25.0. The molecule has 0 radical (unpaired) electrons. The highest BCUT2D eigenvalue weighted by Crippen LogP contribution is 2.28. The van der Waals surface area contributed by atoms with Gasteiger partial charge in [0.15, 0.2) is 11.5 Å². The molecule has 0 atom stereocenters. The lowest BCUT2D eigenvalue weighted by Crippen LogP contribution is -2.19. The molecule has 0 bridgehead atoms. The highest BCUT2D eigenvalue weighted by atomic mass is 32.2. The van der Waals surface area contributed by atoms with Crippen LogP contribution in [0.1, 0.15) is 0 Å². The molecule has 38 heavy (non-hydrogen) atoms. The molecule has 6 aromatic rings. The van der Waals surface area contributed by atoms with Gasteiger partial charge < -0.3 is 15.0 Å². The number of urea groups is 1. The smallest absolute Gasteiger partial charge is 0.308 e. The second-order valence-corrected chi connectivity index (χ2v) is 9.30. The predicted molar refractivity (Wildman–Crippen MR) is 152 cm³/mol. The van der Waals surface area contributed by atoms with Gasteiger partial charge in [-0.3, -0.25) is 4.57 Å². The number of hydrogen-bond donors (Lipinski definition) is 2. The van der Waals surface area contributed by atoms with Crippen LogP contribution in [0.4, 0.5) is 16.2 Å². The molecule has 3 aromatic carbocycles. The topological polar surface area (TPSA) is 89.1 Å². The molecule has 0 saturated carbocycles. The maximum Gasteiger partial charge on any atom is 0.323 e. The summed E-state index contributed by atoms with van der Waals surface area (Å²) in [4.78, 5) is 27.9. The quantitative estimate of drug-likeness (QED) is 0.243. The molecule has 2 amide bonds. The number of carbonyl (C=O) groups is 1. The third-order valence-electron chi connectivity index (χ3n) is 6.03. The largest absolute Gasteiger partial charge is 0.323 e. The van der Waals surface area contributed by atoms with E-state index in [1.807, 2.05) is 113 Å². The molecule has 0 saturated heterocycles. The number of amides is 2. The summed E-state index contributed by atoms with van der Waals surface area (Å²) >= 11 is 1.58. The maximum absolute atomic E-state index is 12.7. The number of benzene rings is 3. The molecule has 0 fully saturated rings. The number of nitrogens with zero attached hydrogens (tertiary/aromatic N) is 5. The van der Waals surface area contributed by atoms with Gasteiger partial charge in [-0.05, 0) is 30.5 Å². The Morgan fingerprint density at radius 1 is 0.842 bits per heavy atom. The number of hydrogen-bond acceptors (Lipinski definition) is 5. The van der Waals surface area contributed by atoms with E-state index in [1.54, 1.807) is 24.2 Å². The summed E-state index contributed by atoms with van der Waals surface area (Å²) in [5, 5.41) is 5.87. The molecule has 0 aliphatic heterocycles. The Bertz CT molecular complexity index is 1740.